The highest BCUT2D eigenvalue weighted by Gasteiger charge is 2.24. The highest BCUT2D eigenvalue weighted by atomic mass is 35.5. The van der Waals surface area contributed by atoms with Crippen LogP contribution in [0.5, 0.6) is 0 Å². The molecule has 1 unspecified atom stereocenters. The second-order valence-electron chi connectivity index (χ2n) is 7.38. The van der Waals surface area contributed by atoms with Crippen molar-refractivity contribution in [1.29, 1.82) is 0 Å². The van der Waals surface area contributed by atoms with Gasteiger partial charge in [0.15, 0.2) is 0 Å². The SMILES string of the molecule is CCCCCCCCCCCCOCC(O)C[N+](CC)(CC)CC.[Cl-]. The first kappa shape index (κ1) is 27.4. The molecular weight excluding hydrogens is 334 g/mol. The van der Waals surface area contributed by atoms with Gasteiger partial charge >= 0.3 is 0 Å². The smallest absolute Gasteiger partial charge is 0.126 e. The van der Waals surface area contributed by atoms with Gasteiger partial charge in [0.1, 0.15) is 12.6 Å². The second kappa shape index (κ2) is 18.9. The molecule has 0 amide bonds. The molecule has 0 aliphatic rings. The number of hydrogen-bond acceptors (Lipinski definition) is 2. The van der Waals surface area contributed by atoms with Gasteiger partial charge in [-0.05, 0) is 27.2 Å². The number of unbranched alkanes of at least 4 members (excludes halogenated alkanes) is 9. The molecule has 0 aromatic heterocycles. The number of hydrogen-bond donors (Lipinski definition) is 1. The first-order valence-electron chi connectivity index (χ1n) is 10.7. The summed E-state index contributed by atoms with van der Waals surface area (Å²) in [5.41, 5.74) is 0. The number of ether oxygens (including phenoxy) is 1. The van der Waals surface area contributed by atoms with E-state index in [1.54, 1.807) is 0 Å². The van der Waals surface area contributed by atoms with E-state index in [-0.39, 0.29) is 18.5 Å². The number of nitrogens with zero attached hydrogens (tertiary/aromatic N) is 1. The third-order valence-electron chi connectivity index (χ3n) is 5.56. The van der Waals surface area contributed by atoms with E-state index in [1.807, 2.05) is 0 Å². The van der Waals surface area contributed by atoms with Crippen molar-refractivity contribution < 1.29 is 26.7 Å². The molecule has 0 saturated heterocycles. The lowest BCUT2D eigenvalue weighted by Gasteiger charge is -2.37. The monoisotopic (exact) mass is 379 g/mol. The molecule has 154 valence electrons. The van der Waals surface area contributed by atoms with E-state index in [9.17, 15) is 5.11 Å². The highest BCUT2D eigenvalue weighted by molar-refractivity contribution is 4.54. The molecule has 0 radical (unpaired) electrons. The van der Waals surface area contributed by atoms with Gasteiger partial charge in [-0.2, -0.15) is 0 Å². The minimum absolute atomic E-state index is 0. The van der Waals surface area contributed by atoms with Crippen molar-refractivity contribution in [2.75, 3.05) is 39.4 Å². The maximum atomic E-state index is 10.2. The molecule has 0 rings (SSSR count). The van der Waals surface area contributed by atoms with Crippen LogP contribution in [0.4, 0.5) is 0 Å². The Balaban J connectivity index is 0. The van der Waals surface area contributed by atoms with E-state index < -0.39 is 0 Å². The van der Waals surface area contributed by atoms with Crippen LogP contribution in [-0.2, 0) is 4.74 Å². The molecule has 0 fully saturated rings. The summed E-state index contributed by atoms with van der Waals surface area (Å²) in [7, 11) is 0. The molecule has 4 heteroatoms. The van der Waals surface area contributed by atoms with Crippen LogP contribution >= 0.6 is 0 Å². The molecule has 0 heterocycles. The Morgan fingerprint density at radius 2 is 1.16 bits per heavy atom. The zero-order valence-corrected chi connectivity index (χ0v) is 18.3. The van der Waals surface area contributed by atoms with Gasteiger partial charge in [-0.25, -0.2) is 0 Å². The van der Waals surface area contributed by atoms with Crippen molar-refractivity contribution in [3.05, 3.63) is 0 Å². The zero-order valence-electron chi connectivity index (χ0n) is 17.6. The number of likely N-dealkylation sites (N-methyl/N-ethyl adjacent to an activating group) is 1. The number of halogens is 1. The number of rotatable bonds is 18. The van der Waals surface area contributed by atoms with E-state index in [4.69, 9.17) is 4.74 Å². The van der Waals surface area contributed by atoms with Crippen molar-refractivity contribution in [2.45, 2.75) is 98.0 Å². The Morgan fingerprint density at radius 3 is 1.60 bits per heavy atom. The standard InChI is InChI=1S/C21H46NO2.ClH/c1-5-9-10-11-12-13-14-15-16-17-18-24-20-21(23)19-22(6-2,7-3)8-4;/h21,23H,5-20H2,1-4H3;1H/q+1;/p-1. The van der Waals surface area contributed by atoms with Gasteiger partial charge < -0.3 is 26.7 Å². The third kappa shape index (κ3) is 15.0. The van der Waals surface area contributed by atoms with Crippen LogP contribution in [0.2, 0.25) is 0 Å². The van der Waals surface area contributed by atoms with Crippen molar-refractivity contribution in [3.8, 4) is 0 Å². The summed E-state index contributed by atoms with van der Waals surface area (Å²) in [6, 6.07) is 0. The summed E-state index contributed by atoms with van der Waals surface area (Å²) in [4.78, 5) is 0. The predicted octanol–water partition coefficient (Wildman–Crippen LogP) is 2.17. The van der Waals surface area contributed by atoms with Gasteiger partial charge in [0, 0.05) is 6.61 Å². The molecule has 0 aromatic carbocycles. The Morgan fingerprint density at radius 1 is 0.720 bits per heavy atom. The van der Waals surface area contributed by atoms with Crippen LogP contribution in [0, 0.1) is 0 Å². The van der Waals surface area contributed by atoms with Crippen LogP contribution < -0.4 is 12.4 Å². The Kier molecular flexibility index (Phi) is 20.8. The van der Waals surface area contributed by atoms with Gasteiger partial charge in [-0.1, -0.05) is 64.7 Å². The maximum absolute atomic E-state index is 10.2. The highest BCUT2D eigenvalue weighted by Crippen LogP contribution is 2.11. The zero-order chi connectivity index (χ0) is 18.1. The third-order valence-corrected chi connectivity index (χ3v) is 5.56. The van der Waals surface area contributed by atoms with Crippen molar-refractivity contribution >= 4 is 0 Å². The average Bonchev–Trinajstić information content (AvgIpc) is 2.60. The minimum atomic E-state index is -0.326. The summed E-state index contributed by atoms with van der Waals surface area (Å²) in [5.74, 6) is 0. The summed E-state index contributed by atoms with van der Waals surface area (Å²) in [5, 5.41) is 10.2. The van der Waals surface area contributed by atoms with Crippen LogP contribution in [0.15, 0.2) is 0 Å². The van der Waals surface area contributed by atoms with Crippen LogP contribution in [0.25, 0.3) is 0 Å². The first-order chi connectivity index (χ1) is 11.6. The largest absolute Gasteiger partial charge is 1.00 e. The van der Waals surface area contributed by atoms with Crippen LogP contribution in [0.3, 0.4) is 0 Å². The fourth-order valence-corrected chi connectivity index (χ4v) is 3.47. The molecule has 0 aliphatic heterocycles. The summed E-state index contributed by atoms with van der Waals surface area (Å²) >= 11 is 0. The molecule has 1 atom stereocenters. The van der Waals surface area contributed by atoms with Gasteiger partial charge in [-0.3, -0.25) is 0 Å². The lowest BCUT2D eigenvalue weighted by atomic mass is 10.1. The van der Waals surface area contributed by atoms with Crippen molar-refractivity contribution in [3.63, 3.8) is 0 Å². The van der Waals surface area contributed by atoms with Gasteiger partial charge in [0.05, 0.1) is 26.2 Å². The van der Waals surface area contributed by atoms with Gasteiger partial charge in [-0.15, -0.1) is 0 Å². The molecule has 0 saturated carbocycles. The maximum Gasteiger partial charge on any atom is 0.126 e. The van der Waals surface area contributed by atoms with Gasteiger partial charge in [0.25, 0.3) is 0 Å². The van der Waals surface area contributed by atoms with Crippen LogP contribution in [0.1, 0.15) is 91.9 Å². The van der Waals surface area contributed by atoms with E-state index in [2.05, 4.69) is 27.7 Å². The average molecular weight is 380 g/mol. The Labute approximate surface area is 164 Å². The summed E-state index contributed by atoms with van der Waals surface area (Å²) in [6.07, 6.45) is 13.2. The number of aliphatic hydroxyl groups is 1. The fourth-order valence-electron chi connectivity index (χ4n) is 3.47. The Hall–Kier alpha value is 0.170. The van der Waals surface area contributed by atoms with E-state index in [0.717, 1.165) is 43.7 Å². The first-order valence-corrected chi connectivity index (χ1v) is 10.7. The number of quaternary nitrogens is 1. The van der Waals surface area contributed by atoms with E-state index in [0.29, 0.717) is 6.61 Å². The normalized spacial score (nSPS) is 12.8. The lowest BCUT2D eigenvalue weighted by Crippen LogP contribution is -3.00. The minimum Gasteiger partial charge on any atom is -1.00 e. The van der Waals surface area contributed by atoms with Crippen molar-refractivity contribution in [1.82, 2.24) is 0 Å². The van der Waals surface area contributed by atoms with Gasteiger partial charge in [0.2, 0.25) is 0 Å². The Bertz CT molecular complexity index is 252. The molecule has 0 spiro atoms. The molecule has 25 heavy (non-hydrogen) atoms. The topological polar surface area (TPSA) is 29.5 Å². The molecule has 0 bridgehead atoms. The fraction of sp³-hybridized carbons (Fsp3) is 1.00. The van der Waals surface area contributed by atoms with Crippen LogP contribution in [-0.4, -0.2) is 55.1 Å². The van der Waals surface area contributed by atoms with Crippen molar-refractivity contribution in [2.24, 2.45) is 0 Å². The van der Waals surface area contributed by atoms with E-state index >= 15 is 0 Å². The summed E-state index contributed by atoms with van der Waals surface area (Å²) < 4.78 is 6.68. The molecule has 1 N–H and O–H groups in total. The molecule has 3 nitrogen and oxygen atoms in total. The summed E-state index contributed by atoms with van der Waals surface area (Å²) in [6.45, 7) is 14.3. The number of aliphatic hydroxyl groups excluding tert-OH is 1. The quantitative estimate of drug-likeness (QED) is 0.292. The lowest BCUT2D eigenvalue weighted by molar-refractivity contribution is -0.926. The second-order valence-corrected chi connectivity index (χ2v) is 7.38. The molecular formula is C21H46ClNO2. The molecule has 0 aliphatic carbocycles. The molecule has 0 aromatic rings. The van der Waals surface area contributed by atoms with E-state index in [1.165, 1.54) is 57.8 Å². The predicted molar refractivity (Wildman–Crippen MR) is 105 cm³/mol.